The monoisotopic (exact) mass is 491 g/mol. The third-order valence-electron chi connectivity index (χ3n) is 5.68. The number of carbonyl (C=O) groups is 1. The highest BCUT2D eigenvalue weighted by Gasteiger charge is 2.21. The number of benzene rings is 1. The largest absolute Gasteiger partial charge is 0.465 e. The average Bonchev–Trinajstić information content (AvgIpc) is 3.32. The summed E-state index contributed by atoms with van der Waals surface area (Å²) in [5, 5.41) is 9.85. The Morgan fingerprint density at radius 3 is 2.72 bits per heavy atom. The Labute approximate surface area is 201 Å². The summed E-state index contributed by atoms with van der Waals surface area (Å²) < 4.78 is 7.72. The van der Waals surface area contributed by atoms with E-state index in [0.717, 1.165) is 60.7 Å². The molecule has 0 saturated carbocycles. The summed E-state index contributed by atoms with van der Waals surface area (Å²) in [5.41, 5.74) is 3.27. The summed E-state index contributed by atoms with van der Waals surface area (Å²) in [5.74, 6) is -0.420. The maximum atomic E-state index is 11.9. The third-order valence-corrected chi connectivity index (χ3v) is 7.67. The first kappa shape index (κ1) is 23.0. The van der Waals surface area contributed by atoms with Gasteiger partial charge in [0.2, 0.25) is 0 Å². The van der Waals surface area contributed by atoms with Crippen molar-refractivity contribution in [3.63, 3.8) is 0 Å². The Kier molecular flexibility index (Phi) is 6.99. The van der Waals surface area contributed by atoms with Crippen LogP contribution in [-0.2, 0) is 17.8 Å². The molecule has 170 valence electrons. The third kappa shape index (κ3) is 4.76. The number of thiophene rings is 1. The van der Waals surface area contributed by atoms with Crippen LogP contribution in [-0.4, -0.2) is 64.0 Å². The summed E-state index contributed by atoms with van der Waals surface area (Å²) in [7, 11) is 1.35. The smallest absolute Gasteiger partial charge is 0.349 e. The van der Waals surface area contributed by atoms with E-state index in [0.29, 0.717) is 15.0 Å². The number of hydrogen-bond acceptors (Lipinski definition) is 6. The lowest BCUT2D eigenvalue weighted by Crippen LogP contribution is -2.49. The fourth-order valence-electron chi connectivity index (χ4n) is 3.80. The number of methoxy groups -OCH3 is 1. The number of ether oxygens (including phenoxy) is 1. The zero-order valence-corrected chi connectivity index (χ0v) is 20.7. The lowest BCUT2D eigenvalue weighted by Gasteiger charge is -2.36. The van der Waals surface area contributed by atoms with E-state index in [2.05, 4.69) is 40.3 Å². The van der Waals surface area contributed by atoms with E-state index in [4.69, 9.17) is 28.6 Å². The molecule has 2 aromatic heterocycles. The van der Waals surface area contributed by atoms with Crippen LogP contribution in [0.25, 0.3) is 10.1 Å². The number of nitrogens with zero attached hydrogens (tertiary/aromatic N) is 4. The second-order valence-electron chi connectivity index (χ2n) is 7.74. The van der Waals surface area contributed by atoms with Gasteiger partial charge in [-0.15, -0.1) is 11.3 Å². The van der Waals surface area contributed by atoms with Crippen molar-refractivity contribution >= 4 is 62.0 Å². The van der Waals surface area contributed by atoms with Crippen LogP contribution in [0.1, 0.15) is 27.9 Å². The topological polar surface area (TPSA) is 62.6 Å². The first-order chi connectivity index (χ1) is 15.4. The minimum absolute atomic E-state index is 0.416. The molecule has 0 amide bonds. The Morgan fingerprint density at radius 1 is 1.31 bits per heavy atom. The molecule has 1 aliphatic rings. The van der Waals surface area contributed by atoms with Crippen LogP contribution >= 0.6 is 35.2 Å². The molecule has 0 atom stereocenters. The minimum atomic E-state index is -0.420. The second-order valence-corrected chi connectivity index (χ2v) is 9.55. The first-order valence-electron chi connectivity index (χ1n) is 10.5. The first-order valence-corrected chi connectivity index (χ1v) is 12.1. The Hall–Kier alpha value is -2.20. The molecule has 32 heavy (non-hydrogen) atoms. The van der Waals surface area contributed by atoms with Crippen LogP contribution in [0.3, 0.4) is 0 Å². The molecule has 7 nitrogen and oxygen atoms in total. The second kappa shape index (κ2) is 9.74. The quantitative estimate of drug-likeness (QED) is 0.419. The summed E-state index contributed by atoms with van der Waals surface area (Å²) in [6.45, 7) is 9.61. The molecule has 0 radical (unpaired) electrons. The highest BCUT2D eigenvalue weighted by Crippen LogP contribution is 2.37. The highest BCUT2D eigenvalue weighted by atomic mass is 35.5. The van der Waals surface area contributed by atoms with Gasteiger partial charge in [0, 0.05) is 66.8 Å². The van der Waals surface area contributed by atoms with Crippen molar-refractivity contribution in [3.8, 4) is 0 Å². The van der Waals surface area contributed by atoms with Gasteiger partial charge in [-0.25, -0.2) is 4.79 Å². The van der Waals surface area contributed by atoms with Gasteiger partial charge in [0.25, 0.3) is 0 Å². The predicted octanol–water partition coefficient (Wildman–Crippen LogP) is 4.38. The zero-order valence-electron chi connectivity index (χ0n) is 18.4. The number of rotatable bonds is 5. The van der Waals surface area contributed by atoms with Gasteiger partial charge in [0.1, 0.15) is 4.88 Å². The Morgan fingerprint density at radius 2 is 2.06 bits per heavy atom. The molecule has 0 spiro atoms. The van der Waals surface area contributed by atoms with Crippen LogP contribution in [0.4, 0.5) is 5.69 Å². The lowest BCUT2D eigenvalue weighted by molar-refractivity contribution is 0.0606. The number of esters is 1. The van der Waals surface area contributed by atoms with Crippen molar-refractivity contribution in [1.29, 1.82) is 0 Å². The van der Waals surface area contributed by atoms with Gasteiger partial charge in [-0.2, -0.15) is 5.10 Å². The number of fused-ring (bicyclic) bond motifs is 1. The van der Waals surface area contributed by atoms with E-state index in [1.807, 2.05) is 22.9 Å². The molecular weight excluding hydrogens is 466 g/mol. The summed E-state index contributed by atoms with van der Waals surface area (Å²) in [4.78, 5) is 17.0. The van der Waals surface area contributed by atoms with Gasteiger partial charge < -0.3 is 15.0 Å². The number of aryl methyl sites for hydroxylation is 2. The van der Waals surface area contributed by atoms with Crippen molar-refractivity contribution in [2.75, 3.05) is 38.6 Å². The molecule has 1 saturated heterocycles. The zero-order chi connectivity index (χ0) is 22.8. The number of piperazine rings is 1. The van der Waals surface area contributed by atoms with Gasteiger partial charge in [-0.1, -0.05) is 11.6 Å². The number of anilines is 1. The molecule has 1 aliphatic heterocycles. The van der Waals surface area contributed by atoms with Gasteiger partial charge in [-0.05, 0) is 44.3 Å². The molecule has 3 heterocycles. The van der Waals surface area contributed by atoms with E-state index < -0.39 is 5.97 Å². The number of carbonyl (C=O) groups excluding carboxylic acids is 1. The van der Waals surface area contributed by atoms with E-state index in [9.17, 15) is 4.79 Å². The molecule has 1 N–H and O–H groups in total. The van der Waals surface area contributed by atoms with Crippen LogP contribution in [0.2, 0.25) is 5.02 Å². The highest BCUT2D eigenvalue weighted by molar-refractivity contribution is 7.80. The molecular formula is C22H26ClN5O2S2. The van der Waals surface area contributed by atoms with Gasteiger partial charge in [0.05, 0.1) is 17.8 Å². The van der Waals surface area contributed by atoms with Crippen molar-refractivity contribution in [2.45, 2.75) is 26.9 Å². The van der Waals surface area contributed by atoms with E-state index in [1.54, 1.807) is 0 Å². The van der Waals surface area contributed by atoms with Gasteiger partial charge >= 0.3 is 5.97 Å². The standard InChI is InChI=1S/C22H26ClN5O2S2/c1-4-28-13-15(14(2)25-28)12-26-7-9-27(10-8-26)22(31)24-16-5-6-17-18(11-16)32-20(19(17)23)21(29)30-3/h5-6,11,13H,4,7-10,12H2,1-3H3,(H,24,31). The molecule has 10 heteroatoms. The normalized spacial score (nSPS) is 14.7. The van der Waals surface area contributed by atoms with Crippen molar-refractivity contribution in [2.24, 2.45) is 0 Å². The van der Waals surface area contributed by atoms with Crippen molar-refractivity contribution in [1.82, 2.24) is 19.6 Å². The molecule has 0 bridgehead atoms. The minimum Gasteiger partial charge on any atom is -0.465 e. The number of hydrogen-bond donors (Lipinski definition) is 1. The molecule has 3 aromatic rings. The van der Waals surface area contributed by atoms with E-state index in [-0.39, 0.29) is 0 Å². The molecule has 0 aliphatic carbocycles. The molecule has 1 fully saturated rings. The molecule has 1 aromatic carbocycles. The van der Waals surface area contributed by atoms with Crippen LogP contribution in [0.15, 0.2) is 24.4 Å². The van der Waals surface area contributed by atoms with Crippen LogP contribution in [0.5, 0.6) is 0 Å². The Bertz CT molecular complexity index is 1150. The number of thiocarbonyl (C=S) groups is 1. The summed E-state index contributed by atoms with van der Waals surface area (Å²) in [6, 6.07) is 5.80. The Balaban J connectivity index is 1.36. The predicted molar refractivity (Wildman–Crippen MR) is 134 cm³/mol. The summed E-state index contributed by atoms with van der Waals surface area (Å²) in [6.07, 6.45) is 2.15. The molecule has 4 rings (SSSR count). The van der Waals surface area contributed by atoms with Crippen LogP contribution in [0, 0.1) is 6.92 Å². The fourth-order valence-corrected chi connectivity index (χ4v) is 5.56. The van der Waals surface area contributed by atoms with Gasteiger partial charge in [-0.3, -0.25) is 9.58 Å². The summed E-state index contributed by atoms with van der Waals surface area (Å²) >= 11 is 13.3. The maximum absolute atomic E-state index is 11.9. The van der Waals surface area contributed by atoms with Crippen LogP contribution < -0.4 is 5.32 Å². The van der Waals surface area contributed by atoms with Gasteiger partial charge in [0.15, 0.2) is 5.11 Å². The number of aromatic nitrogens is 2. The number of nitrogens with one attached hydrogen (secondary N) is 1. The van der Waals surface area contributed by atoms with Crippen molar-refractivity contribution in [3.05, 3.63) is 45.6 Å². The van der Waals surface area contributed by atoms with Crippen molar-refractivity contribution < 1.29 is 9.53 Å². The van der Waals surface area contributed by atoms with E-state index >= 15 is 0 Å². The number of halogens is 1. The maximum Gasteiger partial charge on any atom is 0.349 e. The lowest BCUT2D eigenvalue weighted by atomic mass is 10.2. The molecule has 0 unspecified atom stereocenters. The fraction of sp³-hybridized carbons (Fsp3) is 0.409. The average molecular weight is 492 g/mol. The van der Waals surface area contributed by atoms with E-state index in [1.165, 1.54) is 24.0 Å². The SMILES string of the molecule is CCn1cc(CN2CCN(C(=S)Nc3ccc4c(Cl)c(C(=O)OC)sc4c3)CC2)c(C)n1.